The molecule has 1 fully saturated rings. The minimum Gasteiger partial charge on any atom is -0.392 e. The van der Waals surface area contributed by atoms with Crippen molar-refractivity contribution in [3.8, 4) is 0 Å². The summed E-state index contributed by atoms with van der Waals surface area (Å²) in [4.78, 5) is 18.2. The number of likely N-dealkylation sites (tertiary alicyclic amines) is 1. The van der Waals surface area contributed by atoms with E-state index in [-0.39, 0.29) is 18.1 Å². The number of hydrogen-bond acceptors (Lipinski definition) is 5. The van der Waals surface area contributed by atoms with Gasteiger partial charge in [0.1, 0.15) is 5.82 Å². The summed E-state index contributed by atoms with van der Waals surface area (Å²) in [7, 11) is 0. The number of hydrogen-bond donors (Lipinski definition) is 2. The summed E-state index contributed by atoms with van der Waals surface area (Å²) in [6.07, 6.45) is 1.94. The quantitative estimate of drug-likeness (QED) is 0.892. The second-order valence-electron chi connectivity index (χ2n) is 6.16. The number of aliphatic hydroxyl groups excluding tert-OH is 1. The number of rotatable bonds is 4. The van der Waals surface area contributed by atoms with Crippen molar-refractivity contribution in [2.45, 2.75) is 32.3 Å². The second kappa shape index (κ2) is 7.72. The van der Waals surface area contributed by atoms with Gasteiger partial charge < -0.3 is 10.0 Å². The van der Waals surface area contributed by atoms with Gasteiger partial charge in [0.05, 0.1) is 6.10 Å². The number of nitrogens with one attached hydrogen (secondary N) is 1. The molecule has 1 atom stereocenters. The Hall–Kier alpha value is -1.99. The van der Waals surface area contributed by atoms with Crippen LogP contribution in [-0.4, -0.2) is 44.6 Å². The molecule has 1 aromatic carbocycles. The molecule has 1 aliphatic rings. The summed E-state index contributed by atoms with van der Waals surface area (Å²) in [6.45, 7) is 3.10. The maximum atomic E-state index is 12.2. The van der Waals surface area contributed by atoms with Gasteiger partial charge >= 0.3 is 6.03 Å². The number of urea groups is 1. The Labute approximate surface area is 145 Å². The molecule has 6 nitrogen and oxygen atoms in total. The van der Waals surface area contributed by atoms with Crippen LogP contribution < -0.4 is 5.32 Å². The van der Waals surface area contributed by atoms with Crippen molar-refractivity contribution in [2.75, 3.05) is 18.4 Å². The summed E-state index contributed by atoms with van der Waals surface area (Å²) < 4.78 is 4.05. The molecular weight excluding hydrogens is 324 g/mol. The molecule has 3 rings (SSSR count). The fraction of sp³-hybridized carbons (Fsp3) is 0.471. The molecule has 128 valence electrons. The fourth-order valence-corrected chi connectivity index (χ4v) is 3.59. The van der Waals surface area contributed by atoms with E-state index in [9.17, 15) is 9.90 Å². The summed E-state index contributed by atoms with van der Waals surface area (Å²) in [6, 6.07) is 9.90. The normalized spacial score (nSPS) is 16.8. The van der Waals surface area contributed by atoms with E-state index in [1.165, 1.54) is 11.5 Å². The van der Waals surface area contributed by atoms with E-state index in [0.29, 0.717) is 30.5 Å². The van der Waals surface area contributed by atoms with Crippen LogP contribution in [0.15, 0.2) is 30.3 Å². The standard InChI is InChI=1S/C17H22N4O2S/c1-12-18-16(24-20-12)19-17(23)21-9-7-14(8-10-21)15(22)11-13-5-3-2-4-6-13/h2-6,14-15,22H,7-11H2,1H3,(H,18,19,20,23)/t15-/m1/s1. The van der Waals surface area contributed by atoms with Crippen molar-refractivity contribution < 1.29 is 9.90 Å². The number of nitrogens with zero attached hydrogens (tertiary/aromatic N) is 3. The zero-order valence-corrected chi connectivity index (χ0v) is 14.5. The molecule has 1 aromatic heterocycles. The first-order chi connectivity index (χ1) is 11.6. The van der Waals surface area contributed by atoms with Gasteiger partial charge in [-0.1, -0.05) is 30.3 Å². The third-order valence-corrected chi connectivity index (χ3v) is 5.12. The minimum atomic E-state index is -0.358. The molecule has 0 radical (unpaired) electrons. The third-order valence-electron chi connectivity index (χ3n) is 4.40. The molecule has 0 unspecified atom stereocenters. The first-order valence-corrected chi connectivity index (χ1v) is 8.97. The lowest BCUT2D eigenvalue weighted by Gasteiger charge is -2.34. The molecule has 0 aliphatic carbocycles. The second-order valence-corrected chi connectivity index (χ2v) is 6.91. The molecule has 1 aliphatic heterocycles. The van der Waals surface area contributed by atoms with Crippen LogP contribution in [0.5, 0.6) is 0 Å². The number of piperidine rings is 1. The van der Waals surface area contributed by atoms with Gasteiger partial charge in [-0.05, 0) is 37.7 Å². The van der Waals surface area contributed by atoms with Crippen LogP contribution in [0.1, 0.15) is 24.2 Å². The highest BCUT2D eigenvalue weighted by Crippen LogP contribution is 2.23. The van der Waals surface area contributed by atoms with Crippen LogP contribution in [0.25, 0.3) is 0 Å². The average Bonchev–Trinajstić information content (AvgIpc) is 3.00. The predicted octanol–water partition coefficient (Wildman–Crippen LogP) is 2.69. The zero-order chi connectivity index (χ0) is 16.9. The van der Waals surface area contributed by atoms with E-state index in [2.05, 4.69) is 14.7 Å². The Morgan fingerprint density at radius 3 is 2.71 bits per heavy atom. The van der Waals surface area contributed by atoms with Crippen LogP contribution >= 0.6 is 11.5 Å². The highest BCUT2D eigenvalue weighted by atomic mass is 32.1. The third kappa shape index (κ3) is 4.30. The Morgan fingerprint density at radius 1 is 1.38 bits per heavy atom. The Morgan fingerprint density at radius 2 is 2.08 bits per heavy atom. The lowest BCUT2D eigenvalue weighted by Crippen LogP contribution is -2.43. The van der Waals surface area contributed by atoms with Crippen molar-refractivity contribution in [3.63, 3.8) is 0 Å². The molecule has 0 spiro atoms. The van der Waals surface area contributed by atoms with Gasteiger partial charge in [0.2, 0.25) is 5.13 Å². The van der Waals surface area contributed by atoms with E-state index in [1.807, 2.05) is 30.3 Å². The smallest absolute Gasteiger partial charge is 0.323 e. The van der Waals surface area contributed by atoms with E-state index in [4.69, 9.17) is 0 Å². The number of carbonyl (C=O) groups excluding carboxylic acids is 1. The lowest BCUT2D eigenvalue weighted by molar-refractivity contribution is 0.0689. The number of amides is 2. The molecule has 0 saturated carbocycles. The number of aryl methyl sites for hydroxylation is 1. The predicted molar refractivity (Wildman–Crippen MR) is 94.1 cm³/mol. The molecule has 1 saturated heterocycles. The first-order valence-electron chi connectivity index (χ1n) is 8.20. The van der Waals surface area contributed by atoms with Crippen molar-refractivity contribution in [1.82, 2.24) is 14.3 Å². The maximum absolute atomic E-state index is 12.2. The van der Waals surface area contributed by atoms with Crippen LogP contribution in [0.4, 0.5) is 9.93 Å². The molecule has 0 bridgehead atoms. The van der Waals surface area contributed by atoms with E-state index < -0.39 is 0 Å². The Bertz CT molecular complexity index is 668. The fourth-order valence-electron chi connectivity index (χ4n) is 3.03. The first kappa shape index (κ1) is 16.9. The number of benzene rings is 1. The van der Waals surface area contributed by atoms with Crippen LogP contribution in [0.2, 0.25) is 0 Å². The summed E-state index contributed by atoms with van der Waals surface area (Å²) in [5, 5.41) is 13.8. The number of anilines is 1. The molecule has 2 heterocycles. The molecular formula is C17H22N4O2S. The van der Waals surface area contributed by atoms with Crippen molar-refractivity contribution >= 4 is 22.7 Å². The van der Waals surface area contributed by atoms with Crippen LogP contribution in [0, 0.1) is 12.8 Å². The molecule has 2 N–H and O–H groups in total. The van der Waals surface area contributed by atoms with Gasteiger partial charge in [-0.15, -0.1) is 0 Å². The zero-order valence-electron chi connectivity index (χ0n) is 13.7. The van der Waals surface area contributed by atoms with Crippen molar-refractivity contribution in [3.05, 3.63) is 41.7 Å². The largest absolute Gasteiger partial charge is 0.392 e. The number of aliphatic hydroxyl groups is 1. The van der Waals surface area contributed by atoms with E-state index >= 15 is 0 Å². The van der Waals surface area contributed by atoms with E-state index in [0.717, 1.165) is 18.4 Å². The van der Waals surface area contributed by atoms with E-state index in [1.54, 1.807) is 11.8 Å². The topological polar surface area (TPSA) is 78.4 Å². The minimum absolute atomic E-state index is 0.137. The van der Waals surface area contributed by atoms with Crippen molar-refractivity contribution in [1.29, 1.82) is 0 Å². The molecule has 2 aromatic rings. The van der Waals surface area contributed by atoms with Gasteiger partial charge in [0.15, 0.2) is 0 Å². The lowest BCUT2D eigenvalue weighted by atomic mass is 9.88. The maximum Gasteiger partial charge on any atom is 0.323 e. The highest BCUT2D eigenvalue weighted by Gasteiger charge is 2.27. The van der Waals surface area contributed by atoms with Gasteiger partial charge in [0, 0.05) is 24.6 Å². The summed E-state index contributed by atoms with van der Waals surface area (Å²) >= 11 is 1.19. The van der Waals surface area contributed by atoms with Gasteiger partial charge in [0.25, 0.3) is 0 Å². The SMILES string of the molecule is Cc1nsc(NC(=O)N2CCC([C@H](O)Cc3ccccc3)CC2)n1. The monoisotopic (exact) mass is 346 g/mol. The van der Waals surface area contributed by atoms with Crippen molar-refractivity contribution in [2.24, 2.45) is 5.92 Å². The average molecular weight is 346 g/mol. The molecule has 7 heteroatoms. The summed E-state index contributed by atoms with van der Waals surface area (Å²) in [5.41, 5.74) is 1.15. The Balaban J connectivity index is 1.47. The van der Waals surface area contributed by atoms with Crippen LogP contribution in [-0.2, 0) is 6.42 Å². The van der Waals surface area contributed by atoms with Gasteiger partial charge in [-0.3, -0.25) is 5.32 Å². The highest BCUT2D eigenvalue weighted by molar-refractivity contribution is 7.09. The number of aromatic nitrogens is 2. The Kier molecular flexibility index (Phi) is 5.42. The van der Waals surface area contributed by atoms with Crippen LogP contribution in [0.3, 0.4) is 0 Å². The summed E-state index contributed by atoms with van der Waals surface area (Å²) in [5.74, 6) is 0.899. The number of carbonyl (C=O) groups is 1. The van der Waals surface area contributed by atoms with Gasteiger partial charge in [-0.2, -0.15) is 4.37 Å². The molecule has 2 amide bonds. The molecule has 24 heavy (non-hydrogen) atoms. The van der Waals surface area contributed by atoms with Gasteiger partial charge in [-0.25, -0.2) is 9.78 Å².